The number of hydrogen-bond acceptors (Lipinski definition) is 4. The van der Waals surface area contributed by atoms with E-state index in [9.17, 15) is 17.6 Å². The molecule has 1 aliphatic rings. The average molecular weight is 420 g/mol. The van der Waals surface area contributed by atoms with Gasteiger partial charge in [-0.1, -0.05) is 42.5 Å². The van der Waals surface area contributed by atoms with Gasteiger partial charge in [-0.2, -0.15) is 12.8 Å². The molecule has 0 heterocycles. The molecule has 0 amide bonds. The van der Waals surface area contributed by atoms with Crippen molar-refractivity contribution in [2.45, 2.75) is 18.2 Å². The summed E-state index contributed by atoms with van der Waals surface area (Å²) < 4.78 is 42.7. The molecule has 0 saturated heterocycles. The molecule has 0 unspecified atom stereocenters. The summed E-state index contributed by atoms with van der Waals surface area (Å²) >= 11 is 0. The fraction of sp³-hybridized carbons (Fsp3) is 0.0870. The molecule has 0 aliphatic heterocycles. The molecule has 30 heavy (non-hydrogen) atoms. The second kappa shape index (κ2) is 7.76. The number of carbonyl (C=O) groups is 1. The molecule has 1 aliphatic carbocycles. The first kappa shape index (κ1) is 19.8. The lowest BCUT2D eigenvalue weighted by atomic mass is 9.87. The van der Waals surface area contributed by atoms with Crippen LogP contribution in [0.4, 0.5) is 10.1 Å². The maximum absolute atomic E-state index is 13.2. The number of fused-ring (bicyclic) bond motifs is 1. The zero-order valence-corrected chi connectivity index (χ0v) is 16.9. The van der Waals surface area contributed by atoms with Crippen LogP contribution >= 0.6 is 0 Å². The van der Waals surface area contributed by atoms with Crippen molar-refractivity contribution in [3.05, 3.63) is 95.3 Å². The highest BCUT2D eigenvalue weighted by Crippen LogP contribution is 2.26. The van der Waals surface area contributed by atoms with Crippen LogP contribution in [0.2, 0.25) is 0 Å². The summed E-state index contributed by atoms with van der Waals surface area (Å²) in [7, 11) is -4.09. The molecule has 150 valence electrons. The molecule has 0 fully saturated rings. The molecule has 7 heteroatoms. The van der Waals surface area contributed by atoms with Crippen LogP contribution < -0.4 is 0 Å². The van der Waals surface area contributed by atoms with Gasteiger partial charge in [-0.05, 0) is 42.8 Å². The van der Waals surface area contributed by atoms with E-state index in [1.54, 1.807) is 30.3 Å². The van der Waals surface area contributed by atoms with Crippen LogP contribution in [0.1, 0.15) is 27.9 Å². The van der Waals surface area contributed by atoms with Crippen molar-refractivity contribution in [3.63, 3.8) is 0 Å². The number of carbonyl (C=O) groups excluding carboxylic acids is 1. The van der Waals surface area contributed by atoms with Crippen molar-refractivity contribution >= 4 is 32.9 Å². The molecule has 3 aromatic carbocycles. The molecular weight excluding hydrogens is 403 g/mol. The number of benzene rings is 3. The van der Waals surface area contributed by atoms with E-state index in [1.165, 1.54) is 0 Å². The zero-order valence-electron chi connectivity index (χ0n) is 16.0. The fourth-order valence-corrected chi connectivity index (χ4v) is 4.27. The van der Waals surface area contributed by atoms with E-state index in [-0.39, 0.29) is 28.5 Å². The third-order valence-corrected chi connectivity index (χ3v) is 6.12. The summed E-state index contributed by atoms with van der Waals surface area (Å²) in [4.78, 5) is 17.4. The Labute approximate surface area is 173 Å². The first-order valence-electron chi connectivity index (χ1n) is 9.22. The SMILES string of the molecule is Cc1ccccc1N=C1C/C(=N/S(=O)(=O)c2ccc(F)cc2)c2ccccc2C1=O. The molecule has 0 aromatic heterocycles. The van der Waals surface area contributed by atoms with Crippen molar-refractivity contribution in [1.29, 1.82) is 0 Å². The second-order valence-corrected chi connectivity index (χ2v) is 8.47. The molecule has 0 radical (unpaired) electrons. The Morgan fingerprint density at radius 1 is 0.833 bits per heavy atom. The Hall–Kier alpha value is -3.45. The number of hydrogen-bond donors (Lipinski definition) is 0. The molecular formula is C23H17FN2O3S. The quantitative estimate of drug-likeness (QED) is 0.618. The summed E-state index contributed by atoms with van der Waals surface area (Å²) in [6.07, 6.45) is -0.0232. The smallest absolute Gasteiger partial charge is 0.282 e. The molecule has 0 spiro atoms. The number of halogens is 1. The van der Waals surface area contributed by atoms with E-state index in [1.807, 2.05) is 25.1 Å². The van der Waals surface area contributed by atoms with Crippen LogP contribution in [0.5, 0.6) is 0 Å². The number of rotatable bonds is 3. The molecule has 4 rings (SSSR count). The van der Waals surface area contributed by atoms with Crippen molar-refractivity contribution in [2.24, 2.45) is 9.39 Å². The number of sulfonamides is 1. The predicted molar refractivity (Wildman–Crippen MR) is 114 cm³/mol. The topological polar surface area (TPSA) is 75.9 Å². The highest BCUT2D eigenvalue weighted by Gasteiger charge is 2.29. The Kier molecular flexibility index (Phi) is 5.13. The van der Waals surface area contributed by atoms with Gasteiger partial charge in [-0.15, -0.1) is 0 Å². The van der Waals surface area contributed by atoms with Crippen molar-refractivity contribution in [1.82, 2.24) is 0 Å². The van der Waals surface area contributed by atoms with Crippen LogP contribution in [0.3, 0.4) is 0 Å². The minimum Gasteiger partial charge on any atom is -0.287 e. The van der Waals surface area contributed by atoms with Gasteiger partial charge in [0, 0.05) is 17.5 Å². The van der Waals surface area contributed by atoms with Crippen LogP contribution in [0, 0.1) is 12.7 Å². The predicted octanol–water partition coefficient (Wildman–Crippen LogP) is 4.67. The Morgan fingerprint density at radius 2 is 1.47 bits per heavy atom. The highest BCUT2D eigenvalue weighted by atomic mass is 32.2. The Bertz CT molecular complexity index is 1310. The van der Waals surface area contributed by atoms with E-state index in [4.69, 9.17) is 0 Å². The van der Waals surface area contributed by atoms with Crippen molar-refractivity contribution in [2.75, 3.05) is 0 Å². The largest absolute Gasteiger partial charge is 0.287 e. The molecule has 5 nitrogen and oxygen atoms in total. The second-order valence-electron chi connectivity index (χ2n) is 6.86. The summed E-state index contributed by atoms with van der Waals surface area (Å²) in [5, 5.41) is 0. The van der Waals surface area contributed by atoms with Crippen LogP contribution in [0.25, 0.3) is 0 Å². The molecule has 0 bridgehead atoms. The number of nitrogens with zero attached hydrogens (tertiary/aromatic N) is 2. The highest BCUT2D eigenvalue weighted by molar-refractivity contribution is 7.90. The van der Waals surface area contributed by atoms with Crippen LogP contribution in [0.15, 0.2) is 87.1 Å². The van der Waals surface area contributed by atoms with Crippen LogP contribution in [-0.2, 0) is 10.0 Å². The standard InChI is InChI=1S/C23H17FN2O3S/c1-15-6-2-5-9-20(15)25-22-14-21(18-7-3-4-8-19(18)23(22)27)26-30(28,29)17-12-10-16(24)11-13-17/h2-13H,14H2,1H3/b25-22?,26-21-. The summed E-state index contributed by atoms with van der Waals surface area (Å²) in [6.45, 7) is 1.88. The van der Waals surface area contributed by atoms with E-state index >= 15 is 0 Å². The lowest BCUT2D eigenvalue weighted by Gasteiger charge is -2.19. The van der Waals surface area contributed by atoms with Gasteiger partial charge >= 0.3 is 0 Å². The molecule has 3 aromatic rings. The minimum absolute atomic E-state index is 0.0232. The van der Waals surface area contributed by atoms with Crippen LogP contribution in [-0.4, -0.2) is 25.6 Å². The monoisotopic (exact) mass is 420 g/mol. The van der Waals surface area contributed by atoms with Gasteiger partial charge in [0.2, 0.25) is 5.78 Å². The fourth-order valence-electron chi connectivity index (χ4n) is 3.23. The number of aryl methyl sites for hydroxylation is 1. The number of Topliss-reactive ketones (excluding diaryl/α,β-unsaturated/α-hetero) is 1. The van der Waals surface area contributed by atoms with Gasteiger partial charge in [0.1, 0.15) is 5.82 Å². The van der Waals surface area contributed by atoms with Gasteiger partial charge in [0.15, 0.2) is 0 Å². The molecule has 0 saturated carbocycles. The van der Waals surface area contributed by atoms with Crippen molar-refractivity contribution in [3.8, 4) is 0 Å². The van der Waals surface area contributed by atoms with Gasteiger partial charge < -0.3 is 0 Å². The van der Waals surface area contributed by atoms with Gasteiger partial charge in [0.25, 0.3) is 10.0 Å². The zero-order chi connectivity index (χ0) is 21.3. The van der Waals surface area contributed by atoms with Gasteiger partial charge in [-0.25, -0.2) is 9.38 Å². The van der Waals surface area contributed by atoms with E-state index in [0.717, 1.165) is 29.8 Å². The lowest BCUT2D eigenvalue weighted by Crippen LogP contribution is -2.28. The summed E-state index contributed by atoms with van der Waals surface area (Å²) in [6, 6.07) is 18.6. The average Bonchev–Trinajstić information content (AvgIpc) is 2.73. The van der Waals surface area contributed by atoms with Crippen molar-refractivity contribution < 1.29 is 17.6 Å². The summed E-state index contributed by atoms with van der Waals surface area (Å²) in [5.74, 6) is -0.796. The first-order chi connectivity index (χ1) is 14.3. The van der Waals surface area contributed by atoms with Gasteiger partial charge in [-0.3, -0.25) is 4.79 Å². The Morgan fingerprint density at radius 3 is 2.17 bits per heavy atom. The van der Waals surface area contributed by atoms with E-state index in [0.29, 0.717) is 16.8 Å². The third-order valence-electron chi connectivity index (χ3n) is 4.79. The lowest BCUT2D eigenvalue weighted by molar-refractivity contribution is 0.106. The molecule has 0 atom stereocenters. The minimum atomic E-state index is -4.09. The third kappa shape index (κ3) is 3.84. The van der Waals surface area contributed by atoms with E-state index < -0.39 is 15.8 Å². The first-order valence-corrected chi connectivity index (χ1v) is 10.7. The number of aliphatic imine (C=N–C) groups is 1. The number of ketones is 1. The number of para-hydroxylation sites is 1. The summed E-state index contributed by atoms with van der Waals surface area (Å²) in [5.41, 5.74) is 2.79. The Balaban J connectivity index is 1.84. The normalized spacial score (nSPS) is 16.7. The van der Waals surface area contributed by atoms with Gasteiger partial charge in [0.05, 0.1) is 22.0 Å². The maximum Gasteiger partial charge on any atom is 0.282 e. The molecule has 0 N–H and O–H groups in total. The van der Waals surface area contributed by atoms with E-state index in [2.05, 4.69) is 9.39 Å². The maximum atomic E-state index is 13.2.